The van der Waals surface area contributed by atoms with Crippen molar-refractivity contribution >= 4 is 24.0 Å². The molecule has 18 heavy (non-hydrogen) atoms. The Kier molecular flexibility index (Phi) is 6.50. The van der Waals surface area contributed by atoms with Crippen LogP contribution in [0.4, 0.5) is 18.9 Å². The maximum atomic E-state index is 11.8. The summed E-state index contributed by atoms with van der Waals surface area (Å²) in [5.41, 5.74) is 5.53. The lowest BCUT2D eigenvalue weighted by atomic mass is 10.3. The Morgan fingerprint density at radius 2 is 1.83 bits per heavy atom. The standard InChI is InChI=1S/C10H11F3N2O2.ClH/c11-10(12,13)6-17-8-3-1-7(2-4-8)15-9(16)5-14;/h1-4H,5-6,14H2,(H,15,16);1H. The van der Waals surface area contributed by atoms with Gasteiger partial charge >= 0.3 is 6.18 Å². The van der Waals surface area contributed by atoms with Gasteiger partial charge < -0.3 is 15.8 Å². The Morgan fingerprint density at radius 1 is 1.28 bits per heavy atom. The topological polar surface area (TPSA) is 64.4 Å². The summed E-state index contributed by atoms with van der Waals surface area (Å²) in [6.07, 6.45) is -4.37. The normalized spacial score (nSPS) is 10.4. The van der Waals surface area contributed by atoms with E-state index in [9.17, 15) is 18.0 Å². The summed E-state index contributed by atoms with van der Waals surface area (Å²) in [6.45, 7) is -1.51. The molecule has 0 heterocycles. The number of rotatable bonds is 4. The van der Waals surface area contributed by atoms with Crippen LogP contribution in [0.1, 0.15) is 0 Å². The summed E-state index contributed by atoms with van der Waals surface area (Å²) in [6, 6.07) is 5.52. The lowest BCUT2D eigenvalue weighted by molar-refractivity contribution is -0.153. The van der Waals surface area contributed by atoms with Gasteiger partial charge in [0.15, 0.2) is 6.61 Å². The average Bonchev–Trinajstić information content (AvgIpc) is 2.27. The van der Waals surface area contributed by atoms with Crippen LogP contribution >= 0.6 is 12.4 Å². The number of hydrogen-bond donors (Lipinski definition) is 2. The van der Waals surface area contributed by atoms with Gasteiger partial charge in [0, 0.05) is 5.69 Å². The van der Waals surface area contributed by atoms with Gasteiger partial charge in [0.05, 0.1) is 6.54 Å². The molecule has 0 unspecified atom stereocenters. The number of anilines is 1. The Hall–Kier alpha value is -1.47. The summed E-state index contributed by atoms with van der Waals surface area (Å²) in [4.78, 5) is 10.9. The Labute approximate surface area is 108 Å². The van der Waals surface area contributed by atoms with E-state index in [-0.39, 0.29) is 30.6 Å². The number of ether oxygens (including phenoxy) is 1. The van der Waals surface area contributed by atoms with E-state index >= 15 is 0 Å². The molecule has 0 radical (unpaired) electrons. The van der Waals surface area contributed by atoms with Crippen molar-refractivity contribution in [2.45, 2.75) is 6.18 Å². The number of carbonyl (C=O) groups is 1. The van der Waals surface area contributed by atoms with Gasteiger partial charge in [-0.15, -0.1) is 12.4 Å². The zero-order valence-corrected chi connectivity index (χ0v) is 9.98. The highest BCUT2D eigenvalue weighted by atomic mass is 35.5. The second kappa shape index (κ2) is 7.07. The van der Waals surface area contributed by atoms with Crippen LogP contribution in [0.15, 0.2) is 24.3 Å². The smallest absolute Gasteiger partial charge is 0.422 e. The molecule has 8 heteroatoms. The van der Waals surface area contributed by atoms with E-state index in [4.69, 9.17) is 5.73 Å². The van der Waals surface area contributed by atoms with Crippen molar-refractivity contribution in [3.05, 3.63) is 24.3 Å². The molecule has 1 amide bonds. The number of alkyl halides is 3. The van der Waals surface area contributed by atoms with E-state index in [1.165, 1.54) is 24.3 Å². The highest BCUT2D eigenvalue weighted by molar-refractivity contribution is 5.92. The van der Waals surface area contributed by atoms with Gasteiger partial charge in [0.25, 0.3) is 0 Å². The van der Waals surface area contributed by atoms with Crippen LogP contribution in [0.3, 0.4) is 0 Å². The van der Waals surface area contributed by atoms with Gasteiger partial charge in [-0.05, 0) is 24.3 Å². The molecule has 0 aromatic heterocycles. The van der Waals surface area contributed by atoms with Crippen molar-refractivity contribution in [1.82, 2.24) is 0 Å². The Balaban J connectivity index is 0.00000289. The fraction of sp³-hybridized carbons (Fsp3) is 0.300. The van der Waals surface area contributed by atoms with Crippen molar-refractivity contribution in [2.24, 2.45) is 5.73 Å². The maximum absolute atomic E-state index is 11.8. The molecule has 1 rings (SSSR count). The molecule has 4 nitrogen and oxygen atoms in total. The van der Waals surface area contributed by atoms with Gasteiger partial charge in [0.1, 0.15) is 5.75 Å². The van der Waals surface area contributed by atoms with E-state index < -0.39 is 12.8 Å². The summed E-state index contributed by atoms with van der Waals surface area (Å²) >= 11 is 0. The first-order valence-corrected chi connectivity index (χ1v) is 4.70. The zero-order chi connectivity index (χ0) is 12.9. The SMILES string of the molecule is Cl.NCC(=O)Nc1ccc(OCC(F)(F)F)cc1. The first-order chi connectivity index (χ1) is 7.90. The molecule has 0 spiro atoms. The lowest BCUT2D eigenvalue weighted by Crippen LogP contribution is -2.21. The summed E-state index contributed by atoms with van der Waals surface area (Å²) in [5, 5.41) is 2.45. The van der Waals surface area contributed by atoms with Crippen molar-refractivity contribution in [3.63, 3.8) is 0 Å². The second-order valence-electron chi connectivity index (χ2n) is 3.18. The van der Waals surface area contributed by atoms with E-state index in [0.29, 0.717) is 5.69 Å². The molecule has 0 aliphatic heterocycles. The molecule has 0 aliphatic carbocycles. The Morgan fingerprint density at radius 3 is 2.28 bits per heavy atom. The van der Waals surface area contributed by atoms with Crippen molar-refractivity contribution < 1.29 is 22.7 Å². The number of hydrogen-bond acceptors (Lipinski definition) is 3. The molecular formula is C10H12ClF3N2O2. The van der Waals surface area contributed by atoms with Gasteiger partial charge in [-0.2, -0.15) is 13.2 Å². The number of benzene rings is 1. The lowest BCUT2D eigenvalue weighted by Gasteiger charge is -2.09. The summed E-state index contributed by atoms with van der Waals surface area (Å²) in [5.74, 6) is -0.304. The zero-order valence-electron chi connectivity index (χ0n) is 9.16. The van der Waals surface area contributed by atoms with Crippen LogP contribution in [0.5, 0.6) is 5.75 Å². The molecule has 3 N–H and O–H groups in total. The highest BCUT2D eigenvalue weighted by Crippen LogP contribution is 2.20. The molecule has 1 aromatic rings. The van der Waals surface area contributed by atoms with Crippen molar-refractivity contribution in [2.75, 3.05) is 18.5 Å². The quantitative estimate of drug-likeness (QED) is 0.888. The third-order valence-electron chi connectivity index (χ3n) is 1.73. The highest BCUT2D eigenvalue weighted by Gasteiger charge is 2.28. The van der Waals surface area contributed by atoms with Gasteiger partial charge in [0.2, 0.25) is 5.91 Å². The van der Waals surface area contributed by atoms with Gasteiger partial charge in [-0.25, -0.2) is 0 Å². The number of carbonyl (C=O) groups excluding carboxylic acids is 1. The number of nitrogens with one attached hydrogen (secondary N) is 1. The van der Waals surface area contributed by atoms with Crippen LogP contribution in [0.2, 0.25) is 0 Å². The first kappa shape index (κ1) is 16.5. The van der Waals surface area contributed by atoms with E-state index in [1.807, 2.05) is 0 Å². The monoisotopic (exact) mass is 284 g/mol. The third kappa shape index (κ3) is 6.31. The van der Waals surface area contributed by atoms with Crippen LogP contribution in [-0.4, -0.2) is 25.2 Å². The molecule has 0 bridgehead atoms. The molecular weight excluding hydrogens is 273 g/mol. The molecule has 0 aliphatic rings. The number of nitrogens with two attached hydrogens (primary N) is 1. The van der Waals surface area contributed by atoms with Crippen LogP contribution < -0.4 is 15.8 Å². The van der Waals surface area contributed by atoms with Crippen molar-refractivity contribution in [3.8, 4) is 5.75 Å². The van der Waals surface area contributed by atoms with Crippen molar-refractivity contribution in [1.29, 1.82) is 0 Å². The number of amides is 1. The fourth-order valence-corrected chi connectivity index (χ4v) is 1.01. The number of halogens is 4. The summed E-state index contributed by atoms with van der Waals surface area (Å²) < 4.78 is 40.0. The molecule has 0 saturated carbocycles. The van der Waals surface area contributed by atoms with Gasteiger partial charge in [-0.1, -0.05) is 0 Å². The third-order valence-corrected chi connectivity index (χ3v) is 1.73. The van der Waals surface area contributed by atoms with E-state index in [0.717, 1.165) is 0 Å². The maximum Gasteiger partial charge on any atom is 0.422 e. The minimum Gasteiger partial charge on any atom is -0.484 e. The van der Waals surface area contributed by atoms with E-state index in [2.05, 4.69) is 10.1 Å². The fourth-order valence-electron chi connectivity index (χ4n) is 1.01. The minimum atomic E-state index is -4.37. The predicted octanol–water partition coefficient (Wildman–Crippen LogP) is 1.95. The predicted molar refractivity (Wildman–Crippen MR) is 62.9 cm³/mol. The van der Waals surface area contributed by atoms with Gasteiger partial charge in [-0.3, -0.25) is 4.79 Å². The molecule has 102 valence electrons. The van der Waals surface area contributed by atoms with E-state index in [1.54, 1.807) is 0 Å². The summed E-state index contributed by atoms with van der Waals surface area (Å²) in [7, 11) is 0. The largest absolute Gasteiger partial charge is 0.484 e. The minimum absolute atomic E-state index is 0. The molecule has 0 atom stereocenters. The van der Waals surface area contributed by atoms with Crippen LogP contribution in [-0.2, 0) is 4.79 Å². The van der Waals surface area contributed by atoms with Crippen LogP contribution in [0, 0.1) is 0 Å². The van der Waals surface area contributed by atoms with Crippen LogP contribution in [0.25, 0.3) is 0 Å². The molecule has 1 aromatic carbocycles. The molecule has 0 saturated heterocycles. The molecule has 0 fully saturated rings. The average molecular weight is 285 g/mol. The Bertz CT molecular complexity index is 382. The first-order valence-electron chi connectivity index (χ1n) is 4.70. The second-order valence-corrected chi connectivity index (χ2v) is 3.18.